The van der Waals surface area contributed by atoms with Crippen LogP contribution in [0.4, 0.5) is 0 Å². The van der Waals surface area contributed by atoms with Gasteiger partial charge in [-0.1, -0.05) is 13.8 Å². The molecule has 0 saturated heterocycles. The molecule has 0 heterocycles. The number of rotatable bonds is 4. The standard InChI is InChI=1S/C14H23NO3/c1-3-14(5-4-6-14)15-12(16)10-7-9(2)8-11(10)13(17)18/h9-11H,3-8H2,1-2H3,(H,15,16)(H,17,18). The van der Waals surface area contributed by atoms with Crippen molar-refractivity contribution in [3.8, 4) is 0 Å². The van der Waals surface area contributed by atoms with Crippen LogP contribution in [0.15, 0.2) is 0 Å². The van der Waals surface area contributed by atoms with Gasteiger partial charge >= 0.3 is 5.97 Å². The number of hydrogen-bond donors (Lipinski definition) is 2. The zero-order chi connectivity index (χ0) is 13.3. The SMILES string of the molecule is CCC1(NC(=O)C2CC(C)CC2C(=O)O)CCC1. The van der Waals surface area contributed by atoms with Crippen molar-refractivity contribution >= 4 is 11.9 Å². The lowest BCUT2D eigenvalue weighted by Gasteiger charge is -2.42. The van der Waals surface area contributed by atoms with E-state index in [-0.39, 0.29) is 17.4 Å². The van der Waals surface area contributed by atoms with Crippen molar-refractivity contribution in [2.75, 3.05) is 0 Å². The van der Waals surface area contributed by atoms with Gasteiger partial charge in [0, 0.05) is 5.54 Å². The first kappa shape index (κ1) is 13.4. The lowest BCUT2D eigenvalue weighted by atomic mass is 9.74. The van der Waals surface area contributed by atoms with Crippen molar-refractivity contribution in [1.82, 2.24) is 5.32 Å². The Bertz CT molecular complexity index is 343. The molecule has 1 amide bonds. The molecule has 2 fully saturated rings. The molecule has 0 aromatic rings. The van der Waals surface area contributed by atoms with Crippen LogP contribution in [-0.2, 0) is 9.59 Å². The fraction of sp³-hybridized carbons (Fsp3) is 0.857. The van der Waals surface area contributed by atoms with Gasteiger partial charge in [0.2, 0.25) is 5.91 Å². The van der Waals surface area contributed by atoms with Crippen molar-refractivity contribution in [3.05, 3.63) is 0 Å². The van der Waals surface area contributed by atoms with Crippen LogP contribution >= 0.6 is 0 Å². The monoisotopic (exact) mass is 253 g/mol. The maximum Gasteiger partial charge on any atom is 0.307 e. The van der Waals surface area contributed by atoms with Gasteiger partial charge in [0.05, 0.1) is 11.8 Å². The van der Waals surface area contributed by atoms with Crippen LogP contribution < -0.4 is 5.32 Å². The predicted molar refractivity (Wildman–Crippen MR) is 68.0 cm³/mol. The van der Waals surface area contributed by atoms with Crippen molar-refractivity contribution in [2.24, 2.45) is 17.8 Å². The van der Waals surface area contributed by atoms with Gasteiger partial charge in [0.1, 0.15) is 0 Å². The summed E-state index contributed by atoms with van der Waals surface area (Å²) in [6.07, 6.45) is 5.52. The molecule has 4 nitrogen and oxygen atoms in total. The van der Waals surface area contributed by atoms with Gasteiger partial charge in [-0.05, 0) is 44.4 Å². The van der Waals surface area contributed by atoms with Gasteiger partial charge < -0.3 is 10.4 Å². The highest BCUT2D eigenvalue weighted by molar-refractivity contribution is 5.85. The Morgan fingerprint density at radius 3 is 2.33 bits per heavy atom. The minimum absolute atomic E-state index is 0.0340. The first-order valence-corrected chi connectivity index (χ1v) is 7.02. The fourth-order valence-electron chi connectivity index (χ4n) is 3.38. The van der Waals surface area contributed by atoms with Crippen LogP contribution in [0, 0.1) is 17.8 Å². The molecular formula is C14H23NO3. The number of aliphatic carboxylic acids is 1. The molecule has 2 rings (SSSR count). The molecule has 3 atom stereocenters. The third-order valence-electron chi connectivity index (χ3n) is 4.83. The summed E-state index contributed by atoms with van der Waals surface area (Å²) in [5, 5.41) is 12.3. The van der Waals surface area contributed by atoms with E-state index < -0.39 is 11.9 Å². The third-order valence-corrected chi connectivity index (χ3v) is 4.83. The highest BCUT2D eigenvalue weighted by Gasteiger charge is 2.44. The van der Waals surface area contributed by atoms with Crippen LogP contribution in [-0.4, -0.2) is 22.5 Å². The zero-order valence-corrected chi connectivity index (χ0v) is 11.2. The topological polar surface area (TPSA) is 66.4 Å². The summed E-state index contributed by atoms with van der Waals surface area (Å²) in [5.74, 6) is -1.34. The van der Waals surface area contributed by atoms with E-state index in [4.69, 9.17) is 0 Å². The first-order chi connectivity index (χ1) is 8.47. The summed E-state index contributed by atoms with van der Waals surface area (Å²) in [5.41, 5.74) is -0.0357. The maximum absolute atomic E-state index is 12.3. The average molecular weight is 253 g/mol. The maximum atomic E-state index is 12.3. The van der Waals surface area contributed by atoms with Crippen molar-refractivity contribution < 1.29 is 14.7 Å². The number of carboxylic acid groups (broad SMARTS) is 1. The lowest BCUT2D eigenvalue weighted by Crippen LogP contribution is -2.55. The van der Waals surface area contributed by atoms with E-state index in [1.165, 1.54) is 0 Å². The van der Waals surface area contributed by atoms with Crippen LogP contribution in [0.5, 0.6) is 0 Å². The van der Waals surface area contributed by atoms with E-state index in [2.05, 4.69) is 12.2 Å². The summed E-state index contributed by atoms with van der Waals surface area (Å²) in [6.45, 7) is 4.12. The van der Waals surface area contributed by atoms with E-state index in [0.717, 1.165) is 25.7 Å². The molecule has 0 aromatic carbocycles. The van der Waals surface area contributed by atoms with Gasteiger partial charge in [-0.15, -0.1) is 0 Å². The molecule has 3 unspecified atom stereocenters. The number of carboxylic acids is 1. The van der Waals surface area contributed by atoms with Crippen molar-refractivity contribution in [2.45, 2.75) is 57.9 Å². The minimum Gasteiger partial charge on any atom is -0.481 e. The largest absolute Gasteiger partial charge is 0.481 e. The van der Waals surface area contributed by atoms with Gasteiger partial charge in [0.15, 0.2) is 0 Å². The Balaban J connectivity index is 2.01. The molecule has 0 bridgehead atoms. The van der Waals surface area contributed by atoms with Crippen LogP contribution in [0.3, 0.4) is 0 Å². The fourth-order valence-corrected chi connectivity index (χ4v) is 3.38. The molecule has 0 aliphatic heterocycles. The Morgan fingerprint density at radius 1 is 1.28 bits per heavy atom. The molecular weight excluding hydrogens is 230 g/mol. The normalized spacial score (nSPS) is 33.8. The Hall–Kier alpha value is -1.06. The van der Waals surface area contributed by atoms with Gasteiger partial charge in [-0.2, -0.15) is 0 Å². The summed E-state index contributed by atoms with van der Waals surface area (Å²) < 4.78 is 0. The quantitative estimate of drug-likeness (QED) is 0.807. The Morgan fingerprint density at radius 2 is 1.89 bits per heavy atom. The second-order valence-electron chi connectivity index (χ2n) is 6.10. The molecule has 2 aliphatic rings. The molecule has 0 aromatic heterocycles. The number of amides is 1. The highest BCUT2D eigenvalue weighted by atomic mass is 16.4. The molecule has 2 aliphatic carbocycles. The van der Waals surface area contributed by atoms with Crippen LogP contribution in [0.25, 0.3) is 0 Å². The van der Waals surface area contributed by atoms with E-state index in [1.807, 2.05) is 6.92 Å². The first-order valence-electron chi connectivity index (χ1n) is 7.02. The number of carbonyl (C=O) groups excluding carboxylic acids is 1. The molecule has 18 heavy (non-hydrogen) atoms. The summed E-state index contributed by atoms with van der Waals surface area (Å²) in [6, 6.07) is 0. The van der Waals surface area contributed by atoms with E-state index in [9.17, 15) is 14.7 Å². The molecule has 0 radical (unpaired) electrons. The number of nitrogens with one attached hydrogen (secondary N) is 1. The van der Waals surface area contributed by atoms with E-state index >= 15 is 0 Å². The Labute approximate surface area is 108 Å². The highest BCUT2D eigenvalue weighted by Crippen LogP contribution is 2.39. The van der Waals surface area contributed by atoms with Crippen molar-refractivity contribution in [3.63, 3.8) is 0 Å². The molecule has 2 saturated carbocycles. The van der Waals surface area contributed by atoms with Crippen molar-refractivity contribution in [1.29, 1.82) is 0 Å². The summed E-state index contributed by atoms with van der Waals surface area (Å²) >= 11 is 0. The molecule has 102 valence electrons. The number of carbonyl (C=O) groups is 2. The second kappa shape index (κ2) is 4.90. The van der Waals surface area contributed by atoms with Gasteiger partial charge in [-0.3, -0.25) is 9.59 Å². The van der Waals surface area contributed by atoms with Crippen LogP contribution in [0.2, 0.25) is 0 Å². The third kappa shape index (κ3) is 2.38. The molecule has 0 spiro atoms. The molecule has 4 heteroatoms. The van der Waals surface area contributed by atoms with Gasteiger partial charge in [-0.25, -0.2) is 0 Å². The zero-order valence-electron chi connectivity index (χ0n) is 11.2. The predicted octanol–water partition coefficient (Wildman–Crippen LogP) is 2.18. The number of hydrogen-bond acceptors (Lipinski definition) is 2. The lowest BCUT2D eigenvalue weighted by molar-refractivity contribution is -0.146. The average Bonchev–Trinajstić information content (AvgIpc) is 2.66. The smallest absolute Gasteiger partial charge is 0.307 e. The minimum atomic E-state index is -0.821. The van der Waals surface area contributed by atoms with E-state index in [0.29, 0.717) is 18.8 Å². The second-order valence-corrected chi connectivity index (χ2v) is 6.10. The van der Waals surface area contributed by atoms with Crippen LogP contribution in [0.1, 0.15) is 52.4 Å². The Kier molecular flexibility index (Phi) is 3.64. The van der Waals surface area contributed by atoms with Gasteiger partial charge in [0.25, 0.3) is 0 Å². The summed E-state index contributed by atoms with van der Waals surface area (Å²) in [7, 11) is 0. The summed E-state index contributed by atoms with van der Waals surface area (Å²) in [4.78, 5) is 23.5. The molecule has 2 N–H and O–H groups in total. The van der Waals surface area contributed by atoms with E-state index in [1.54, 1.807) is 0 Å².